The van der Waals surface area contributed by atoms with Gasteiger partial charge in [0.25, 0.3) is 0 Å². The molecule has 0 radical (unpaired) electrons. The van der Waals surface area contributed by atoms with E-state index in [2.05, 4.69) is 48.7 Å². The normalized spacial score (nSPS) is 29.2. The van der Waals surface area contributed by atoms with Gasteiger partial charge in [-0.2, -0.15) is 0 Å². The van der Waals surface area contributed by atoms with E-state index in [9.17, 15) is 0 Å². The molecule has 21 heavy (non-hydrogen) atoms. The molecule has 1 fully saturated rings. The van der Waals surface area contributed by atoms with Gasteiger partial charge in [-0.3, -0.25) is 4.99 Å². The molecule has 0 atom stereocenters. The van der Waals surface area contributed by atoms with Crippen molar-refractivity contribution in [2.24, 2.45) is 10.9 Å². The quantitative estimate of drug-likeness (QED) is 0.876. The summed E-state index contributed by atoms with van der Waals surface area (Å²) in [4.78, 5) is 4.81. The molecule has 3 nitrogen and oxygen atoms in total. The molecule has 2 N–H and O–H groups in total. The highest BCUT2D eigenvalue weighted by Gasteiger charge is 2.39. The Balaban J connectivity index is 1.67. The molecule has 3 rings (SSSR count). The minimum absolute atomic E-state index is 0.120. The average molecular weight is 285 g/mol. The molecular weight excluding hydrogens is 258 g/mol. The summed E-state index contributed by atoms with van der Waals surface area (Å²) in [6.07, 6.45) is 5.04. The molecule has 1 aromatic rings. The molecule has 0 unspecified atom stereocenters. The maximum Gasteiger partial charge on any atom is 0.117 e. The first-order valence-electron chi connectivity index (χ1n) is 8.27. The predicted molar refractivity (Wildman–Crippen MR) is 88.7 cm³/mol. The molecule has 0 bridgehead atoms. The zero-order valence-electron chi connectivity index (χ0n) is 13.3. The van der Waals surface area contributed by atoms with Gasteiger partial charge in [0.15, 0.2) is 0 Å². The third-order valence-corrected chi connectivity index (χ3v) is 5.01. The van der Waals surface area contributed by atoms with Crippen LogP contribution in [0.3, 0.4) is 0 Å². The van der Waals surface area contributed by atoms with Gasteiger partial charge in [-0.05, 0) is 44.1 Å². The van der Waals surface area contributed by atoms with Crippen LogP contribution in [0.15, 0.2) is 29.3 Å². The molecule has 0 amide bonds. The lowest BCUT2D eigenvalue weighted by atomic mass is 9.75. The molecule has 0 saturated heterocycles. The molecule has 1 aliphatic heterocycles. The van der Waals surface area contributed by atoms with Gasteiger partial charge in [0.1, 0.15) is 5.84 Å². The predicted octanol–water partition coefficient (Wildman–Crippen LogP) is 3.04. The fraction of sp³-hybridized carbons (Fsp3) is 0.611. The molecule has 114 valence electrons. The van der Waals surface area contributed by atoms with Crippen LogP contribution < -0.4 is 10.6 Å². The Labute approximate surface area is 128 Å². The van der Waals surface area contributed by atoms with Crippen LogP contribution in [0.1, 0.15) is 43.7 Å². The number of hydrogen-bond acceptors (Lipinski definition) is 3. The van der Waals surface area contributed by atoms with Crippen molar-refractivity contribution in [2.45, 2.75) is 51.6 Å². The van der Waals surface area contributed by atoms with Crippen molar-refractivity contribution in [3.8, 4) is 0 Å². The Morgan fingerprint density at radius 3 is 2.67 bits per heavy atom. The molecule has 1 aromatic carbocycles. The maximum absolute atomic E-state index is 4.81. The first-order valence-corrected chi connectivity index (χ1v) is 8.27. The van der Waals surface area contributed by atoms with E-state index in [1.165, 1.54) is 42.6 Å². The van der Waals surface area contributed by atoms with Crippen LogP contribution in [0, 0.1) is 12.8 Å². The number of rotatable bonds is 2. The van der Waals surface area contributed by atoms with Crippen molar-refractivity contribution < 1.29 is 0 Å². The summed E-state index contributed by atoms with van der Waals surface area (Å²) in [6.45, 7) is 7.28. The minimum atomic E-state index is 0.120. The first kappa shape index (κ1) is 14.6. The Hall–Kier alpha value is -1.35. The van der Waals surface area contributed by atoms with Crippen LogP contribution in [0.5, 0.6) is 0 Å². The monoisotopic (exact) mass is 285 g/mol. The van der Waals surface area contributed by atoms with E-state index in [-0.39, 0.29) is 5.54 Å². The van der Waals surface area contributed by atoms with Crippen LogP contribution >= 0.6 is 0 Å². The zero-order valence-corrected chi connectivity index (χ0v) is 13.3. The molecule has 1 spiro atoms. The van der Waals surface area contributed by atoms with Crippen molar-refractivity contribution in [2.75, 3.05) is 13.1 Å². The van der Waals surface area contributed by atoms with Gasteiger partial charge in [0.2, 0.25) is 0 Å². The van der Waals surface area contributed by atoms with Crippen LogP contribution in [-0.4, -0.2) is 24.5 Å². The van der Waals surface area contributed by atoms with Gasteiger partial charge in [-0.1, -0.05) is 36.8 Å². The highest BCUT2D eigenvalue weighted by atomic mass is 15.1. The largest absolute Gasteiger partial charge is 0.368 e. The Kier molecular flexibility index (Phi) is 4.29. The molecule has 0 aromatic heterocycles. The Morgan fingerprint density at radius 1 is 1.24 bits per heavy atom. The van der Waals surface area contributed by atoms with Gasteiger partial charge in [-0.25, -0.2) is 0 Å². The van der Waals surface area contributed by atoms with E-state index in [0.29, 0.717) is 0 Å². The van der Waals surface area contributed by atoms with Gasteiger partial charge < -0.3 is 10.6 Å². The third-order valence-electron chi connectivity index (χ3n) is 5.01. The van der Waals surface area contributed by atoms with E-state index in [0.717, 1.165) is 25.6 Å². The maximum atomic E-state index is 4.81. The van der Waals surface area contributed by atoms with Crippen LogP contribution in [-0.2, 0) is 6.54 Å². The number of amidine groups is 1. The smallest absolute Gasteiger partial charge is 0.117 e. The average Bonchev–Trinajstić information content (AvgIpc) is 2.51. The zero-order chi connectivity index (χ0) is 14.7. The minimum Gasteiger partial charge on any atom is -0.368 e. The van der Waals surface area contributed by atoms with Gasteiger partial charge in [-0.15, -0.1) is 0 Å². The molecule has 1 heterocycles. The lowest BCUT2D eigenvalue weighted by molar-refractivity contribution is 0.251. The number of nitrogens with zero attached hydrogens (tertiary/aromatic N) is 1. The third kappa shape index (κ3) is 3.29. The number of aliphatic imine (C=N–C) groups is 1. The van der Waals surface area contributed by atoms with E-state index >= 15 is 0 Å². The second-order valence-corrected chi connectivity index (χ2v) is 6.76. The summed E-state index contributed by atoms with van der Waals surface area (Å²) in [5.74, 6) is 2.05. The second kappa shape index (κ2) is 6.18. The summed E-state index contributed by atoms with van der Waals surface area (Å²) < 4.78 is 0. The molecule has 2 aliphatic rings. The van der Waals surface area contributed by atoms with Crippen LogP contribution in [0.2, 0.25) is 0 Å². The van der Waals surface area contributed by atoms with E-state index in [1.807, 2.05) is 0 Å². The number of nitrogens with one attached hydrogen (secondary N) is 2. The van der Waals surface area contributed by atoms with E-state index in [4.69, 9.17) is 4.99 Å². The lowest BCUT2D eigenvalue weighted by Crippen LogP contribution is -2.61. The van der Waals surface area contributed by atoms with E-state index < -0.39 is 0 Å². The van der Waals surface area contributed by atoms with Gasteiger partial charge >= 0.3 is 0 Å². The Bertz CT molecular complexity index is 496. The van der Waals surface area contributed by atoms with E-state index in [1.54, 1.807) is 0 Å². The SMILES string of the molecule is Cc1ccc(CNC2=NCCNC23CCC(C)CC3)cc1. The number of benzene rings is 1. The summed E-state index contributed by atoms with van der Waals surface area (Å²) in [5.41, 5.74) is 2.76. The van der Waals surface area contributed by atoms with Crippen molar-refractivity contribution in [1.82, 2.24) is 10.6 Å². The highest BCUT2D eigenvalue weighted by Crippen LogP contribution is 2.33. The number of hydrogen-bond donors (Lipinski definition) is 2. The fourth-order valence-electron chi connectivity index (χ4n) is 3.48. The first-order chi connectivity index (χ1) is 10.2. The molecule has 3 heteroatoms. The van der Waals surface area contributed by atoms with Crippen molar-refractivity contribution in [3.05, 3.63) is 35.4 Å². The summed E-state index contributed by atoms with van der Waals surface area (Å²) in [7, 11) is 0. The summed E-state index contributed by atoms with van der Waals surface area (Å²) >= 11 is 0. The van der Waals surface area contributed by atoms with Crippen molar-refractivity contribution >= 4 is 5.84 Å². The number of aryl methyl sites for hydroxylation is 1. The molecule has 1 aliphatic carbocycles. The lowest BCUT2D eigenvalue weighted by Gasteiger charge is -2.43. The molecule has 1 saturated carbocycles. The van der Waals surface area contributed by atoms with Crippen LogP contribution in [0.4, 0.5) is 0 Å². The highest BCUT2D eigenvalue weighted by molar-refractivity contribution is 5.92. The van der Waals surface area contributed by atoms with Crippen molar-refractivity contribution in [3.63, 3.8) is 0 Å². The van der Waals surface area contributed by atoms with Gasteiger partial charge in [0, 0.05) is 13.1 Å². The second-order valence-electron chi connectivity index (χ2n) is 6.76. The van der Waals surface area contributed by atoms with Gasteiger partial charge in [0.05, 0.1) is 12.1 Å². The fourth-order valence-corrected chi connectivity index (χ4v) is 3.48. The summed E-state index contributed by atoms with van der Waals surface area (Å²) in [5, 5.41) is 7.38. The topological polar surface area (TPSA) is 36.4 Å². The van der Waals surface area contributed by atoms with Crippen LogP contribution in [0.25, 0.3) is 0 Å². The van der Waals surface area contributed by atoms with Crippen molar-refractivity contribution in [1.29, 1.82) is 0 Å². The molecular formula is C18H27N3. The summed E-state index contributed by atoms with van der Waals surface area (Å²) in [6, 6.07) is 8.76. The Morgan fingerprint density at radius 2 is 1.95 bits per heavy atom. The standard InChI is InChI=1S/C18H27N3/c1-14-3-5-16(6-4-14)13-20-17-18(21-12-11-19-17)9-7-15(2)8-10-18/h3-6,15,21H,7-13H2,1-2H3,(H,19,20).